The Morgan fingerprint density at radius 1 is 1.29 bits per heavy atom. The number of aromatic nitrogens is 1. The number of carbonyl (C=O) groups is 2. The highest BCUT2D eigenvalue weighted by atomic mass is 32.1. The zero-order valence-electron chi connectivity index (χ0n) is 11.7. The van der Waals surface area contributed by atoms with E-state index < -0.39 is 6.04 Å². The van der Waals surface area contributed by atoms with E-state index in [1.165, 1.54) is 0 Å². The number of rotatable bonds is 1. The fourth-order valence-corrected chi connectivity index (χ4v) is 4.04. The Bertz CT molecular complexity index is 741. The molecule has 3 heterocycles. The maximum atomic E-state index is 12.8. The number of carbonyl (C=O) groups excluding carboxylic acids is 2. The summed E-state index contributed by atoms with van der Waals surface area (Å²) in [6.45, 7) is 2.52. The molecule has 5 nitrogen and oxygen atoms in total. The summed E-state index contributed by atoms with van der Waals surface area (Å²) >= 11 is 1.54. The SMILES string of the molecule is CC1C(=O)N2CCCC2C(=O)N1c1ccc2ncsc2c1. The van der Waals surface area contributed by atoms with Crippen molar-refractivity contribution < 1.29 is 9.59 Å². The Labute approximate surface area is 126 Å². The number of fused-ring (bicyclic) bond motifs is 2. The second-order valence-electron chi connectivity index (χ2n) is 5.58. The molecule has 0 saturated carbocycles. The number of thiazole rings is 1. The van der Waals surface area contributed by atoms with Crippen LogP contribution < -0.4 is 4.90 Å². The van der Waals surface area contributed by atoms with Crippen LogP contribution in [-0.4, -0.2) is 40.3 Å². The van der Waals surface area contributed by atoms with Crippen LogP contribution in [0.25, 0.3) is 10.2 Å². The van der Waals surface area contributed by atoms with E-state index in [-0.39, 0.29) is 17.9 Å². The van der Waals surface area contributed by atoms with Gasteiger partial charge in [0.25, 0.3) is 5.91 Å². The second-order valence-corrected chi connectivity index (χ2v) is 6.46. The Morgan fingerprint density at radius 3 is 3.00 bits per heavy atom. The fraction of sp³-hybridized carbons (Fsp3) is 0.400. The van der Waals surface area contributed by atoms with Gasteiger partial charge in [-0.3, -0.25) is 14.5 Å². The highest BCUT2D eigenvalue weighted by Crippen LogP contribution is 2.32. The van der Waals surface area contributed by atoms with Crippen LogP contribution in [0.2, 0.25) is 0 Å². The molecule has 2 aliphatic rings. The first kappa shape index (κ1) is 12.8. The third-order valence-electron chi connectivity index (χ3n) is 4.40. The topological polar surface area (TPSA) is 53.5 Å². The molecule has 2 aliphatic heterocycles. The Balaban J connectivity index is 1.78. The average Bonchev–Trinajstić information content (AvgIpc) is 3.13. The molecule has 0 radical (unpaired) electrons. The van der Waals surface area contributed by atoms with Crippen molar-refractivity contribution in [2.75, 3.05) is 11.4 Å². The summed E-state index contributed by atoms with van der Waals surface area (Å²) in [5, 5.41) is 0. The number of anilines is 1. The molecule has 1 aromatic carbocycles. The van der Waals surface area contributed by atoms with Gasteiger partial charge in [-0.1, -0.05) is 0 Å². The van der Waals surface area contributed by atoms with Crippen LogP contribution in [-0.2, 0) is 9.59 Å². The predicted octanol–water partition coefficient (Wildman–Crippen LogP) is 2.02. The summed E-state index contributed by atoms with van der Waals surface area (Å²) in [5.41, 5.74) is 3.51. The first-order valence-electron chi connectivity index (χ1n) is 7.13. The Morgan fingerprint density at radius 2 is 2.14 bits per heavy atom. The number of piperazine rings is 1. The van der Waals surface area contributed by atoms with Gasteiger partial charge in [0.1, 0.15) is 12.1 Å². The van der Waals surface area contributed by atoms with Crippen LogP contribution in [0.1, 0.15) is 19.8 Å². The lowest BCUT2D eigenvalue weighted by atomic mass is 10.1. The van der Waals surface area contributed by atoms with Crippen molar-refractivity contribution >= 4 is 39.1 Å². The lowest BCUT2D eigenvalue weighted by Crippen LogP contribution is -2.62. The van der Waals surface area contributed by atoms with Gasteiger partial charge in [0, 0.05) is 12.2 Å². The molecule has 0 spiro atoms. The molecule has 0 aliphatic carbocycles. The van der Waals surface area contributed by atoms with E-state index in [1.807, 2.05) is 25.1 Å². The van der Waals surface area contributed by atoms with Crippen molar-refractivity contribution in [2.24, 2.45) is 0 Å². The van der Waals surface area contributed by atoms with E-state index in [0.29, 0.717) is 6.54 Å². The van der Waals surface area contributed by atoms with Gasteiger partial charge in [-0.2, -0.15) is 0 Å². The van der Waals surface area contributed by atoms with Crippen molar-refractivity contribution in [1.82, 2.24) is 9.88 Å². The molecule has 2 atom stereocenters. The quantitative estimate of drug-likeness (QED) is 0.810. The Hall–Kier alpha value is -1.95. The smallest absolute Gasteiger partial charge is 0.250 e. The zero-order chi connectivity index (χ0) is 14.6. The van der Waals surface area contributed by atoms with Crippen LogP contribution in [0.3, 0.4) is 0 Å². The summed E-state index contributed by atoms with van der Waals surface area (Å²) in [5.74, 6) is 0.102. The minimum atomic E-state index is -0.433. The monoisotopic (exact) mass is 301 g/mol. The lowest BCUT2D eigenvalue weighted by Gasteiger charge is -2.40. The number of hydrogen-bond acceptors (Lipinski definition) is 4. The molecule has 1 aromatic heterocycles. The molecule has 21 heavy (non-hydrogen) atoms. The molecule has 0 bridgehead atoms. The highest BCUT2D eigenvalue weighted by molar-refractivity contribution is 7.16. The van der Waals surface area contributed by atoms with E-state index in [0.717, 1.165) is 28.7 Å². The van der Waals surface area contributed by atoms with E-state index in [1.54, 1.807) is 26.6 Å². The minimum absolute atomic E-state index is 0.0449. The van der Waals surface area contributed by atoms with Gasteiger partial charge < -0.3 is 4.90 Å². The largest absolute Gasteiger partial charge is 0.329 e. The van der Waals surface area contributed by atoms with Crippen LogP contribution in [0.5, 0.6) is 0 Å². The maximum absolute atomic E-state index is 12.8. The number of amides is 2. The first-order chi connectivity index (χ1) is 10.2. The normalized spacial score (nSPS) is 25.8. The molecule has 2 unspecified atom stereocenters. The van der Waals surface area contributed by atoms with Crippen molar-refractivity contribution in [2.45, 2.75) is 31.8 Å². The molecule has 0 N–H and O–H groups in total. The minimum Gasteiger partial charge on any atom is -0.329 e. The summed E-state index contributed by atoms with van der Waals surface area (Å²) < 4.78 is 1.04. The van der Waals surface area contributed by atoms with E-state index >= 15 is 0 Å². The van der Waals surface area contributed by atoms with Crippen LogP contribution >= 0.6 is 11.3 Å². The molecule has 2 amide bonds. The van der Waals surface area contributed by atoms with Crippen molar-refractivity contribution in [3.05, 3.63) is 23.7 Å². The number of nitrogens with zero attached hydrogens (tertiary/aromatic N) is 3. The van der Waals surface area contributed by atoms with Gasteiger partial charge >= 0.3 is 0 Å². The van der Waals surface area contributed by atoms with Gasteiger partial charge in [0.05, 0.1) is 15.7 Å². The van der Waals surface area contributed by atoms with Gasteiger partial charge in [0.2, 0.25) is 5.91 Å². The average molecular weight is 301 g/mol. The van der Waals surface area contributed by atoms with Gasteiger partial charge in [-0.05, 0) is 38.0 Å². The predicted molar refractivity (Wildman–Crippen MR) is 81.3 cm³/mol. The summed E-state index contributed by atoms with van der Waals surface area (Å²) in [6, 6.07) is 5.04. The molecule has 4 rings (SSSR count). The number of benzene rings is 1. The van der Waals surface area contributed by atoms with E-state index in [9.17, 15) is 9.59 Å². The fourth-order valence-electron chi connectivity index (χ4n) is 3.33. The maximum Gasteiger partial charge on any atom is 0.250 e. The molecule has 2 fully saturated rings. The molecule has 2 aromatic rings. The van der Waals surface area contributed by atoms with Crippen molar-refractivity contribution in [1.29, 1.82) is 0 Å². The van der Waals surface area contributed by atoms with E-state index in [2.05, 4.69) is 4.98 Å². The standard InChI is InChI=1S/C15H15N3O2S/c1-9-14(19)17-6-2-3-12(17)15(20)18(9)10-4-5-11-13(7-10)21-8-16-11/h4-5,7-9,12H,2-3,6H2,1H3. The van der Waals surface area contributed by atoms with Gasteiger partial charge in [-0.15, -0.1) is 11.3 Å². The third-order valence-corrected chi connectivity index (χ3v) is 5.19. The molecule has 108 valence electrons. The molecular weight excluding hydrogens is 286 g/mol. The van der Waals surface area contributed by atoms with Crippen LogP contribution in [0, 0.1) is 0 Å². The van der Waals surface area contributed by atoms with E-state index in [4.69, 9.17) is 0 Å². The zero-order valence-corrected chi connectivity index (χ0v) is 12.5. The third kappa shape index (κ3) is 1.78. The van der Waals surface area contributed by atoms with Crippen LogP contribution in [0.15, 0.2) is 23.7 Å². The second kappa shape index (κ2) is 4.53. The highest BCUT2D eigenvalue weighted by Gasteiger charge is 2.46. The number of hydrogen-bond donors (Lipinski definition) is 0. The van der Waals surface area contributed by atoms with Crippen molar-refractivity contribution in [3.8, 4) is 0 Å². The lowest BCUT2D eigenvalue weighted by molar-refractivity contribution is -0.143. The van der Waals surface area contributed by atoms with Gasteiger partial charge in [0.15, 0.2) is 0 Å². The van der Waals surface area contributed by atoms with Gasteiger partial charge in [-0.25, -0.2) is 4.98 Å². The molecular formula is C15H15N3O2S. The first-order valence-corrected chi connectivity index (χ1v) is 8.01. The van der Waals surface area contributed by atoms with Crippen LogP contribution in [0.4, 0.5) is 5.69 Å². The Kier molecular flexibility index (Phi) is 2.75. The summed E-state index contributed by atoms with van der Waals surface area (Å²) in [4.78, 5) is 32.9. The van der Waals surface area contributed by atoms with Crippen molar-refractivity contribution in [3.63, 3.8) is 0 Å². The summed E-state index contributed by atoms with van der Waals surface area (Å²) in [6.07, 6.45) is 1.69. The molecule has 6 heteroatoms. The molecule has 2 saturated heterocycles. The summed E-state index contributed by atoms with van der Waals surface area (Å²) in [7, 11) is 0.